The zero-order valence-electron chi connectivity index (χ0n) is 25.7. The fourth-order valence-electron chi connectivity index (χ4n) is 6.35. The van der Waals surface area contributed by atoms with Crippen molar-refractivity contribution in [3.63, 3.8) is 0 Å². The molecule has 1 unspecified atom stereocenters. The lowest BCUT2D eigenvalue weighted by molar-refractivity contribution is 0.0727. The van der Waals surface area contributed by atoms with Gasteiger partial charge in [-0.25, -0.2) is 9.97 Å². The minimum Gasteiger partial charge on any atom is -0.598 e. The summed E-state index contributed by atoms with van der Waals surface area (Å²) >= 11 is 7.14. The largest absolute Gasteiger partial charge is 0.598 e. The molecule has 3 aromatic rings. The van der Waals surface area contributed by atoms with Crippen molar-refractivity contribution in [2.75, 3.05) is 31.1 Å². The number of fused-ring (bicyclic) bond motifs is 1. The first-order chi connectivity index (χ1) is 21.0. The average molecular weight is 654 g/mol. The smallest absolute Gasteiger partial charge is 0.256 e. The molecular weight excluding hydrogens is 614 g/mol. The zero-order chi connectivity index (χ0) is 31.1. The monoisotopic (exact) mass is 653 g/mol. The average Bonchev–Trinajstić information content (AvgIpc) is 3.30. The summed E-state index contributed by atoms with van der Waals surface area (Å²) in [6.07, 6.45) is 6.24. The molecule has 11 heteroatoms. The third-order valence-electron chi connectivity index (χ3n) is 9.03. The molecule has 8 nitrogen and oxygen atoms in total. The van der Waals surface area contributed by atoms with Crippen molar-refractivity contribution in [2.45, 2.75) is 80.3 Å². The van der Waals surface area contributed by atoms with Crippen LogP contribution in [-0.2, 0) is 29.1 Å². The molecule has 1 amide bonds. The summed E-state index contributed by atoms with van der Waals surface area (Å²) in [4.78, 5) is 27.8. The Morgan fingerprint density at radius 2 is 1.86 bits per heavy atom. The fourth-order valence-corrected chi connectivity index (χ4v) is 8.52. The van der Waals surface area contributed by atoms with Crippen LogP contribution in [0.4, 0.5) is 5.82 Å². The summed E-state index contributed by atoms with van der Waals surface area (Å²) in [7, 11) is 0. The lowest BCUT2D eigenvalue weighted by Crippen LogP contribution is -2.56. The maximum atomic E-state index is 13.5. The topological polar surface area (TPSA) is 93.7 Å². The van der Waals surface area contributed by atoms with Crippen LogP contribution in [0.1, 0.15) is 62.0 Å². The summed E-state index contributed by atoms with van der Waals surface area (Å²) < 4.78 is 22.1. The Hall–Kier alpha value is -2.34. The Kier molecular flexibility index (Phi) is 9.21. The van der Waals surface area contributed by atoms with Crippen LogP contribution in [-0.4, -0.2) is 68.5 Å². The van der Waals surface area contributed by atoms with E-state index in [1.165, 1.54) is 11.8 Å². The molecule has 2 saturated heterocycles. The number of piperidine rings is 1. The number of halogens is 1. The minimum absolute atomic E-state index is 0.0154. The van der Waals surface area contributed by atoms with E-state index >= 15 is 0 Å². The summed E-state index contributed by atoms with van der Waals surface area (Å²) in [5.74, 6) is 0.804. The van der Waals surface area contributed by atoms with Crippen LogP contribution in [0.15, 0.2) is 64.8 Å². The standard InChI is InChI=1S/C33H40ClN5O3S2/c1-22-30(37-44(41)32(2,3)4)33(21-42-22)13-16-38(17-14-33)26-18-36-27(19-35-26)43-25-11-10-24-12-15-39(31(40)28(24)29(25)34)20-23-8-6-5-7-9-23/h5-11,18-19,22,30,37H,12-17,20-21H2,1-4H3/t22-,30+,44?/m0/s1. The normalized spacial score (nSPS) is 22.4. The molecule has 1 N–H and O–H groups in total. The molecule has 0 bridgehead atoms. The highest BCUT2D eigenvalue weighted by Crippen LogP contribution is 2.44. The van der Waals surface area contributed by atoms with Crippen molar-refractivity contribution in [2.24, 2.45) is 5.41 Å². The van der Waals surface area contributed by atoms with E-state index in [0.29, 0.717) is 30.3 Å². The molecule has 44 heavy (non-hydrogen) atoms. The van der Waals surface area contributed by atoms with Crippen LogP contribution in [0, 0.1) is 5.41 Å². The van der Waals surface area contributed by atoms with Gasteiger partial charge in [0.15, 0.2) is 0 Å². The first-order valence-electron chi connectivity index (χ1n) is 15.2. The molecule has 0 aliphatic carbocycles. The molecule has 1 spiro atoms. The maximum Gasteiger partial charge on any atom is 0.256 e. The highest BCUT2D eigenvalue weighted by atomic mass is 35.5. The van der Waals surface area contributed by atoms with Crippen molar-refractivity contribution >= 4 is 46.4 Å². The second kappa shape index (κ2) is 12.8. The number of nitrogens with zero attached hydrogens (tertiary/aromatic N) is 4. The first-order valence-corrected chi connectivity index (χ1v) is 17.6. The van der Waals surface area contributed by atoms with E-state index in [1.807, 2.05) is 74.3 Å². The van der Waals surface area contributed by atoms with Gasteiger partial charge in [0.25, 0.3) is 5.91 Å². The van der Waals surface area contributed by atoms with E-state index in [2.05, 4.69) is 16.5 Å². The summed E-state index contributed by atoms with van der Waals surface area (Å²) in [6, 6.07) is 14.1. The summed E-state index contributed by atoms with van der Waals surface area (Å²) in [6.45, 7) is 11.6. The van der Waals surface area contributed by atoms with Gasteiger partial charge < -0.3 is 19.1 Å². The number of rotatable bonds is 7. The number of carbonyl (C=O) groups excluding carboxylic acids is 1. The van der Waals surface area contributed by atoms with E-state index in [1.54, 1.807) is 6.20 Å². The lowest BCUT2D eigenvalue weighted by Gasteiger charge is -2.43. The predicted molar refractivity (Wildman–Crippen MR) is 177 cm³/mol. The molecule has 6 rings (SSSR count). The predicted octanol–water partition coefficient (Wildman–Crippen LogP) is 5.91. The number of benzene rings is 2. The van der Waals surface area contributed by atoms with E-state index in [9.17, 15) is 9.35 Å². The van der Waals surface area contributed by atoms with E-state index in [4.69, 9.17) is 26.3 Å². The van der Waals surface area contributed by atoms with Gasteiger partial charge in [0, 0.05) is 47.9 Å². The number of ether oxygens (including phenoxy) is 1. The van der Waals surface area contributed by atoms with Gasteiger partial charge in [0.2, 0.25) is 0 Å². The lowest BCUT2D eigenvalue weighted by atomic mass is 9.73. The van der Waals surface area contributed by atoms with Crippen molar-refractivity contribution in [3.05, 3.63) is 76.6 Å². The van der Waals surface area contributed by atoms with Crippen molar-refractivity contribution < 1.29 is 14.1 Å². The molecule has 2 aromatic carbocycles. The Morgan fingerprint density at radius 1 is 1.11 bits per heavy atom. The fraction of sp³-hybridized carbons (Fsp3) is 0.485. The van der Waals surface area contributed by atoms with Gasteiger partial charge in [-0.3, -0.25) is 4.79 Å². The second-order valence-electron chi connectivity index (χ2n) is 13.0. The molecular formula is C33H40ClN5O3S2. The molecule has 3 aliphatic heterocycles. The number of aromatic nitrogens is 2. The van der Waals surface area contributed by atoms with Gasteiger partial charge in [-0.2, -0.15) is 0 Å². The van der Waals surface area contributed by atoms with E-state index < -0.39 is 11.4 Å². The van der Waals surface area contributed by atoms with Crippen molar-refractivity contribution in [1.29, 1.82) is 0 Å². The van der Waals surface area contributed by atoms with Gasteiger partial charge in [-0.15, -0.1) is 4.72 Å². The van der Waals surface area contributed by atoms with Gasteiger partial charge in [0.1, 0.15) is 15.6 Å². The van der Waals surface area contributed by atoms with Crippen LogP contribution in [0.5, 0.6) is 0 Å². The highest BCUT2D eigenvalue weighted by molar-refractivity contribution is 7.99. The number of nitrogens with one attached hydrogen (secondary N) is 1. The summed E-state index contributed by atoms with van der Waals surface area (Å²) in [5, 5.41) is 1.20. The number of anilines is 1. The number of amides is 1. The molecule has 1 aromatic heterocycles. The Labute approximate surface area is 272 Å². The zero-order valence-corrected chi connectivity index (χ0v) is 28.1. The summed E-state index contributed by atoms with van der Waals surface area (Å²) in [5.41, 5.74) is 2.64. The van der Waals surface area contributed by atoms with E-state index in [0.717, 1.165) is 59.2 Å². The second-order valence-corrected chi connectivity index (χ2v) is 16.5. The molecule has 3 aliphatic rings. The Bertz CT molecular complexity index is 1480. The molecule has 234 valence electrons. The Balaban J connectivity index is 1.10. The van der Waals surface area contributed by atoms with Crippen LogP contribution in [0.25, 0.3) is 0 Å². The highest BCUT2D eigenvalue weighted by Gasteiger charge is 2.52. The van der Waals surface area contributed by atoms with Crippen molar-refractivity contribution in [1.82, 2.24) is 19.6 Å². The maximum absolute atomic E-state index is 13.5. The molecule has 0 saturated carbocycles. The third-order valence-corrected chi connectivity index (χ3v) is 12.1. The van der Waals surface area contributed by atoms with E-state index in [-0.39, 0.29) is 28.2 Å². The Morgan fingerprint density at radius 3 is 2.55 bits per heavy atom. The third kappa shape index (κ3) is 6.48. The number of carbonyl (C=O) groups is 1. The molecule has 4 heterocycles. The minimum atomic E-state index is -1.15. The van der Waals surface area contributed by atoms with Crippen LogP contribution >= 0.6 is 23.4 Å². The van der Waals surface area contributed by atoms with Crippen molar-refractivity contribution in [3.8, 4) is 0 Å². The van der Waals surface area contributed by atoms with Crippen LogP contribution in [0.3, 0.4) is 0 Å². The first kappa shape index (κ1) is 31.6. The van der Waals surface area contributed by atoms with Gasteiger partial charge in [0.05, 0.1) is 41.7 Å². The molecule has 3 atom stereocenters. The van der Waals surface area contributed by atoms with Gasteiger partial charge in [-0.1, -0.05) is 59.8 Å². The van der Waals surface area contributed by atoms with Crippen LogP contribution in [0.2, 0.25) is 5.02 Å². The molecule has 2 fully saturated rings. The quantitative estimate of drug-likeness (QED) is 0.315. The molecule has 0 radical (unpaired) electrons. The SMILES string of the molecule is C[C@@H]1OCC2(CCN(c3cnc(Sc4ccc5c(c4Cl)C(=O)N(Cc4ccccc4)CC5)cn3)CC2)[C@@H]1N[S+]([O-])C(C)(C)C. The van der Waals surface area contributed by atoms with Gasteiger partial charge in [-0.05, 0) is 64.2 Å². The van der Waals surface area contributed by atoms with Gasteiger partial charge >= 0.3 is 0 Å². The number of hydrogen-bond donors (Lipinski definition) is 1. The van der Waals surface area contributed by atoms with Crippen LogP contribution < -0.4 is 9.62 Å². The number of hydrogen-bond acceptors (Lipinski definition) is 8.